The highest BCUT2D eigenvalue weighted by molar-refractivity contribution is 6.10. The van der Waals surface area contributed by atoms with Crippen molar-refractivity contribution in [3.05, 3.63) is 48.0 Å². The summed E-state index contributed by atoms with van der Waals surface area (Å²) in [6, 6.07) is 12.5. The molecule has 5 rings (SSSR count). The maximum absolute atomic E-state index is 13.5. The van der Waals surface area contributed by atoms with Crippen LogP contribution in [0.3, 0.4) is 0 Å². The maximum Gasteiger partial charge on any atom is 0.256 e. The molecule has 3 aliphatic heterocycles. The van der Waals surface area contributed by atoms with Gasteiger partial charge in [-0.25, -0.2) is 0 Å². The lowest BCUT2D eigenvalue weighted by atomic mass is 9.95. The number of anilines is 1. The molecule has 2 aromatic rings. The van der Waals surface area contributed by atoms with E-state index in [2.05, 4.69) is 10.6 Å². The second kappa shape index (κ2) is 8.86. The molecule has 3 aliphatic rings. The SMILES string of the molecule is COc1ccc(-c2ccc3c(c2)C(=O)N2CCN(C(=O)C4CC[NH2+]CC4)C[C@@H]2C(=O)N3)cc1. The van der Waals surface area contributed by atoms with E-state index in [0.29, 0.717) is 24.3 Å². The predicted molar refractivity (Wildman–Crippen MR) is 123 cm³/mol. The molecule has 0 unspecified atom stereocenters. The summed E-state index contributed by atoms with van der Waals surface area (Å²) >= 11 is 0. The molecule has 3 amide bonds. The number of carbonyl (C=O) groups is 3. The fourth-order valence-corrected chi connectivity index (χ4v) is 5.05. The molecule has 0 aliphatic carbocycles. The number of amides is 3. The highest BCUT2D eigenvalue weighted by Crippen LogP contribution is 2.31. The first kappa shape index (κ1) is 21.5. The second-order valence-electron chi connectivity index (χ2n) is 8.92. The van der Waals surface area contributed by atoms with E-state index in [1.54, 1.807) is 23.0 Å². The van der Waals surface area contributed by atoms with Crippen molar-refractivity contribution in [2.24, 2.45) is 5.92 Å². The minimum atomic E-state index is -0.679. The van der Waals surface area contributed by atoms with Crippen molar-refractivity contribution in [2.45, 2.75) is 18.9 Å². The molecular formula is C25H29N4O4+. The zero-order valence-electron chi connectivity index (χ0n) is 18.8. The van der Waals surface area contributed by atoms with Gasteiger partial charge in [0, 0.05) is 31.8 Å². The van der Waals surface area contributed by atoms with Gasteiger partial charge in [0.25, 0.3) is 5.91 Å². The monoisotopic (exact) mass is 449 g/mol. The molecule has 1 atom stereocenters. The highest BCUT2D eigenvalue weighted by Gasteiger charge is 2.41. The summed E-state index contributed by atoms with van der Waals surface area (Å²) in [5.41, 5.74) is 2.83. The molecule has 2 fully saturated rings. The molecule has 0 saturated carbocycles. The van der Waals surface area contributed by atoms with Gasteiger partial charge in [0.1, 0.15) is 11.8 Å². The van der Waals surface area contributed by atoms with Crippen LogP contribution < -0.4 is 15.4 Å². The number of ether oxygens (including phenoxy) is 1. The summed E-state index contributed by atoms with van der Waals surface area (Å²) < 4.78 is 5.23. The van der Waals surface area contributed by atoms with Gasteiger partial charge in [-0.05, 0) is 35.4 Å². The van der Waals surface area contributed by atoms with E-state index < -0.39 is 6.04 Å². The first-order valence-electron chi connectivity index (χ1n) is 11.6. The van der Waals surface area contributed by atoms with Crippen molar-refractivity contribution in [3.63, 3.8) is 0 Å². The van der Waals surface area contributed by atoms with E-state index in [-0.39, 0.29) is 30.2 Å². The third kappa shape index (κ3) is 4.06. The van der Waals surface area contributed by atoms with Crippen LogP contribution in [0.2, 0.25) is 0 Å². The van der Waals surface area contributed by atoms with Crippen molar-refractivity contribution in [2.75, 3.05) is 45.2 Å². The van der Waals surface area contributed by atoms with E-state index in [1.165, 1.54) is 0 Å². The summed E-state index contributed by atoms with van der Waals surface area (Å²) in [6.07, 6.45) is 1.74. The molecule has 33 heavy (non-hydrogen) atoms. The number of nitrogens with zero attached hydrogens (tertiary/aromatic N) is 2. The highest BCUT2D eigenvalue weighted by atomic mass is 16.5. The third-order valence-electron chi connectivity index (χ3n) is 6.97. The number of piperazine rings is 1. The Hall–Kier alpha value is -3.39. The topological polar surface area (TPSA) is 95.6 Å². The molecule has 8 heteroatoms. The number of benzene rings is 2. The summed E-state index contributed by atoms with van der Waals surface area (Å²) in [4.78, 5) is 43.0. The molecule has 0 radical (unpaired) electrons. The number of rotatable bonds is 3. The molecule has 2 saturated heterocycles. The van der Waals surface area contributed by atoms with Gasteiger partial charge in [-0.15, -0.1) is 0 Å². The Morgan fingerprint density at radius 2 is 1.76 bits per heavy atom. The molecule has 3 N–H and O–H groups in total. The predicted octanol–water partition coefficient (Wildman–Crippen LogP) is 0.941. The van der Waals surface area contributed by atoms with Crippen LogP contribution in [0.1, 0.15) is 23.2 Å². The van der Waals surface area contributed by atoms with Crippen molar-refractivity contribution in [3.8, 4) is 16.9 Å². The van der Waals surface area contributed by atoms with Crippen LogP contribution in [-0.2, 0) is 9.59 Å². The van der Waals surface area contributed by atoms with Gasteiger partial charge in [0.2, 0.25) is 11.8 Å². The number of quaternary nitrogens is 1. The van der Waals surface area contributed by atoms with Crippen LogP contribution in [0.25, 0.3) is 11.1 Å². The zero-order valence-corrected chi connectivity index (χ0v) is 18.8. The van der Waals surface area contributed by atoms with Crippen LogP contribution in [-0.4, -0.2) is 73.4 Å². The van der Waals surface area contributed by atoms with Crippen molar-refractivity contribution in [1.29, 1.82) is 0 Å². The summed E-state index contributed by atoms with van der Waals surface area (Å²) in [7, 11) is 1.62. The quantitative estimate of drug-likeness (QED) is 0.729. The van der Waals surface area contributed by atoms with Crippen molar-refractivity contribution in [1.82, 2.24) is 9.80 Å². The second-order valence-corrected chi connectivity index (χ2v) is 8.92. The van der Waals surface area contributed by atoms with Crippen LogP contribution in [0.15, 0.2) is 42.5 Å². The van der Waals surface area contributed by atoms with Crippen LogP contribution >= 0.6 is 0 Å². The summed E-state index contributed by atoms with van der Waals surface area (Å²) in [5, 5.41) is 5.16. The number of hydrogen-bond donors (Lipinski definition) is 2. The minimum absolute atomic E-state index is 0.0235. The van der Waals surface area contributed by atoms with E-state index in [1.807, 2.05) is 36.4 Å². The Morgan fingerprint density at radius 3 is 2.48 bits per heavy atom. The number of nitrogens with two attached hydrogens (primary N) is 1. The van der Waals surface area contributed by atoms with Crippen LogP contribution in [0.5, 0.6) is 5.75 Å². The molecular weight excluding hydrogens is 420 g/mol. The minimum Gasteiger partial charge on any atom is -0.497 e. The number of nitrogens with one attached hydrogen (secondary N) is 1. The average molecular weight is 450 g/mol. The van der Waals surface area contributed by atoms with E-state index >= 15 is 0 Å². The Kier molecular flexibility index (Phi) is 5.76. The summed E-state index contributed by atoms with van der Waals surface area (Å²) in [6.45, 7) is 2.99. The van der Waals surface area contributed by atoms with Crippen molar-refractivity contribution < 1.29 is 24.4 Å². The normalized spacial score (nSPS) is 21.1. The largest absolute Gasteiger partial charge is 0.497 e. The Morgan fingerprint density at radius 1 is 1.03 bits per heavy atom. The third-order valence-corrected chi connectivity index (χ3v) is 6.97. The first-order chi connectivity index (χ1) is 16.0. The van der Waals surface area contributed by atoms with Gasteiger partial charge in [-0.2, -0.15) is 0 Å². The van der Waals surface area contributed by atoms with Gasteiger partial charge >= 0.3 is 0 Å². The lowest BCUT2D eigenvalue weighted by Crippen LogP contribution is -2.86. The van der Waals surface area contributed by atoms with Gasteiger partial charge in [-0.3, -0.25) is 14.4 Å². The van der Waals surface area contributed by atoms with E-state index in [9.17, 15) is 14.4 Å². The first-order valence-corrected chi connectivity index (χ1v) is 11.6. The number of hydrogen-bond acceptors (Lipinski definition) is 4. The molecule has 172 valence electrons. The van der Waals surface area contributed by atoms with Gasteiger partial charge < -0.3 is 25.2 Å². The van der Waals surface area contributed by atoms with Gasteiger partial charge in [-0.1, -0.05) is 18.2 Å². The Bertz CT molecular complexity index is 1080. The van der Waals surface area contributed by atoms with E-state index in [0.717, 1.165) is 42.8 Å². The molecule has 0 spiro atoms. The molecule has 0 aromatic heterocycles. The maximum atomic E-state index is 13.5. The zero-order chi connectivity index (χ0) is 22.9. The molecule has 0 bridgehead atoms. The Balaban J connectivity index is 1.38. The molecule has 2 aromatic carbocycles. The molecule has 3 heterocycles. The Labute approximate surface area is 192 Å². The van der Waals surface area contributed by atoms with Crippen molar-refractivity contribution >= 4 is 23.4 Å². The van der Waals surface area contributed by atoms with Crippen LogP contribution in [0.4, 0.5) is 5.69 Å². The van der Waals surface area contributed by atoms with Crippen LogP contribution in [0, 0.1) is 5.92 Å². The number of methoxy groups -OCH3 is 1. The lowest BCUT2D eigenvalue weighted by molar-refractivity contribution is -0.664. The number of fused-ring (bicyclic) bond motifs is 2. The summed E-state index contributed by atoms with van der Waals surface area (Å²) in [5.74, 6) is 0.484. The van der Waals surface area contributed by atoms with Gasteiger partial charge in [0.15, 0.2) is 0 Å². The van der Waals surface area contributed by atoms with Gasteiger partial charge in [0.05, 0.1) is 38.0 Å². The number of carbonyl (C=O) groups excluding carboxylic acids is 3. The lowest BCUT2D eigenvalue weighted by Gasteiger charge is -2.40. The average Bonchev–Trinajstić information content (AvgIpc) is 2.98. The standard InChI is InChI=1S/C25H28N4O4/c1-33-19-5-2-16(3-6-19)18-4-7-21-20(14-18)25(32)29-13-12-28(15-22(29)23(30)27-21)24(31)17-8-10-26-11-9-17/h2-7,14,17,22,26H,8-13,15H2,1H3,(H,27,30)/p+1/t22-/m1/s1. The molecule has 8 nitrogen and oxygen atoms in total. The number of piperidine rings is 1. The fourth-order valence-electron chi connectivity index (χ4n) is 5.05. The van der Waals surface area contributed by atoms with E-state index in [4.69, 9.17) is 4.74 Å². The fraction of sp³-hybridized carbons (Fsp3) is 0.400. The smallest absolute Gasteiger partial charge is 0.256 e.